The maximum absolute atomic E-state index is 9.71. The Labute approximate surface area is 96.7 Å². The lowest BCUT2D eigenvalue weighted by Gasteiger charge is -2.16. The monoisotopic (exact) mass is 220 g/mol. The van der Waals surface area contributed by atoms with Crippen molar-refractivity contribution in [3.8, 4) is 0 Å². The maximum Gasteiger partial charge on any atom is 0.0585 e. The van der Waals surface area contributed by atoms with Crippen LogP contribution in [0.4, 0.5) is 11.4 Å². The SMILES string of the molecule is Cc1cc(N)cc(NCC2CCCC2O)c1. The van der Waals surface area contributed by atoms with Crippen LogP contribution < -0.4 is 11.1 Å². The van der Waals surface area contributed by atoms with Gasteiger partial charge >= 0.3 is 0 Å². The first kappa shape index (κ1) is 11.3. The number of nitrogens with one attached hydrogen (secondary N) is 1. The molecule has 0 aliphatic heterocycles. The Morgan fingerprint density at radius 1 is 1.38 bits per heavy atom. The van der Waals surface area contributed by atoms with Crippen LogP contribution >= 0.6 is 0 Å². The van der Waals surface area contributed by atoms with E-state index >= 15 is 0 Å². The van der Waals surface area contributed by atoms with Crippen molar-refractivity contribution in [1.29, 1.82) is 0 Å². The van der Waals surface area contributed by atoms with Gasteiger partial charge < -0.3 is 16.2 Å². The molecule has 3 heteroatoms. The normalized spacial score (nSPS) is 24.6. The second kappa shape index (κ2) is 4.74. The third kappa shape index (κ3) is 2.67. The van der Waals surface area contributed by atoms with E-state index < -0.39 is 0 Å². The van der Waals surface area contributed by atoms with Gasteiger partial charge in [-0.25, -0.2) is 0 Å². The number of aliphatic hydroxyl groups excluding tert-OH is 1. The summed E-state index contributed by atoms with van der Waals surface area (Å²) in [4.78, 5) is 0. The third-order valence-electron chi connectivity index (χ3n) is 3.29. The van der Waals surface area contributed by atoms with Crippen LogP contribution in [0.5, 0.6) is 0 Å². The molecule has 1 saturated carbocycles. The van der Waals surface area contributed by atoms with Crippen molar-refractivity contribution in [2.75, 3.05) is 17.6 Å². The number of hydrogen-bond donors (Lipinski definition) is 3. The maximum atomic E-state index is 9.71. The number of nitrogen functional groups attached to an aromatic ring is 1. The van der Waals surface area contributed by atoms with Gasteiger partial charge in [-0.1, -0.05) is 6.42 Å². The third-order valence-corrected chi connectivity index (χ3v) is 3.29. The fourth-order valence-electron chi connectivity index (χ4n) is 2.42. The van der Waals surface area contributed by atoms with Crippen molar-refractivity contribution < 1.29 is 5.11 Å². The Morgan fingerprint density at radius 2 is 2.19 bits per heavy atom. The fourth-order valence-corrected chi connectivity index (χ4v) is 2.42. The van der Waals surface area contributed by atoms with Crippen molar-refractivity contribution in [2.24, 2.45) is 5.92 Å². The van der Waals surface area contributed by atoms with Crippen LogP contribution in [0.3, 0.4) is 0 Å². The molecule has 1 aromatic rings. The standard InChI is InChI=1S/C13H20N2O/c1-9-5-11(14)7-12(6-9)15-8-10-3-2-4-13(10)16/h5-7,10,13,15-16H,2-4,8,14H2,1H3. The molecule has 1 fully saturated rings. The number of aryl methyl sites for hydroxylation is 1. The van der Waals surface area contributed by atoms with Crippen LogP contribution in [0.2, 0.25) is 0 Å². The summed E-state index contributed by atoms with van der Waals surface area (Å²) < 4.78 is 0. The van der Waals surface area contributed by atoms with Crippen LogP contribution in [0, 0.1) is 12.8 Å². The molecule has 88 valence electrons. The lowest BCUT2D eigenvalue weighted by atomic mass is 10.1. The van der Waals surface area contributed by atoms with Gasteiger partial charge in [0, 0.05) is 23.8 Å². The summed E-state index contributed by atoms with van der Waals surface area (Å²) >= 11 is 0. The van der Waals surface area contributed by atoms with Crippen LogP contribution in [-0.4, -0.2) is 17.8 Å². The molecule has 1 aliphatic carbocycles. The molecule has 1 aliphatic rings. The van der Waals surface area contributed by atoms with E-state index in [-0.39, 0.29) is 6.10 Å². The molecule has 0 spiro atoms. The summed E-state index contributed by atoms with van der Waals surface area (Å²) in [5, 5.41) is 13.1. The molecule has 0 bridgehead atoms. The van der Waals surface area contributed by atoms with Gasteiger partial charge in [0.1, 0.15) is 0 Å². The van der Waals surface area contributed by atoms with E-state index in [2.05, 4.69) is 11.4 Å². The molecular formula is C13H20N2O. The molecule has 2 unspecified atom stereocenters. The lowest BCUT2D eigenvalue weighted by molar-refractivity contribution is 0.138. The number of anilines is 2. The average molecular weight is 220 g/mol. The Kier molecular flexibility index (Phi) is 3.34. The quantitative estimate of drug-likeness (QED) is 0.684. The lowest BCUT2D eigenvalue weighted by Crippen LogP contribution is -2.21. The Balaban J connectivity index is 1.94. The van der Waals surface area contributed by atoms with E-state index in [1.807, 2.05) is 19.1 Å². The largest absolute Gasteiger partial charge is 0.399 e. The van der Waals surface area contributed by atoms with Crippen molar-refractivity contribution in [3.05, 3.63) is 23.8 Å². The van der Waals surface area contributed by atoms with Crippen molar-refractivity contribution in [3.63, 3.8) is 0 Å². The predicted octanol–water partition coefficient (Wildman–Crippen LogP) is 2.15. The molecule has 0 heterocycles. The zero-order chi connectivity index (χ0) is 11.5. The second-order valence-electron chi connectivity index (χ2n) is 4.77. The number of hydrogen-bond acceptors (Lipinski definition) is 3. The highest BCUT2D eigenvalue weighted by Crippen LogP contribution is 2.26. The molecule has 4 N–H and O–H groups in total. The number of rotatable bonds is 3. The van der Waals surface area contributed by atoms with Crippen LogP contribution in [0.25, 0.3) is 0 Å². The predicted molar refractivity (Wildman–Crippen MR) is 67.4 cm³/mol. The molecule has 3 nitrogen and oxygen atoms in total. The summed E-state index contributed by atoms with van der Waals surface area (Å²) in [7, 11) is 0. The summed E-state index contributed by atoms with van der Waals surface area (Å²) in [5.41, 5.74) is 8.78. The number of nitrogens with two attached hydrogens (primary N) is 1. The van der Waals surface area contributed by atoms with Gasteiger partial charge in [0.05, 0.1) is 6.10 Å². The fraction of sp³-hybridized carbons (Fsp3) is 0.538. The highest BCUT2D eigenvalue weighted by Gasteiger charge is 2.24. The average Bonchev–Trinajstić information content (AvgIpc) is 2.59. The van der Waals surface area contributed by atoms with Crippen LogP contribution in [0.15, 0.2) is 18.2 Å². The first-order valence-electron chi connectivity index (χ1n) is 5.94. The summed E-state index contributed by atoms with van der Waals surface area (Å²) in [6, 6.07) is 5.97. The van der Waals surface area contributed by atoms with Crippen LogP contribution in [-0.2, 0) is 0 Å². The molecule has 0 radical (unpaired) electrons. The van der Waals surface area contributed by atoms with Gasteiger partial charge in [0.25, 0.3) is 0 Å². The molecule has 1 aromatic carbocycles. The first-order chi connectivity index (χ1) is 7.65. The van der Waals surface area contributed by atoms with Crippen molar-refractivity contribution in [1.82, 2.24) is 0 Å². The molecular weight excluding hydrogens is 200 g/mol. The smallest absolute Gasteiger partial charge is 0.0585 e. The number of benzene rings is 1. The van der Waals surface area contributed by atoms with E-state index in [9.17, 15) is 5.11 Å². The molecule has 16 heavy (non-hydrogen) atoms. The van der Waals surface area contributed by atoms with Crippen LogP contribution in [0.1, 0.15) is 24.8 Å². The van der Waals surface area contributed by atoms with E-state index in [0.717, 1.165) is 42.7 Å². The summed E-state index contributed by atoms with van der Waals surface area (Å²) in [6.07, 6.45) is 3.08. The van der Waals surface area contributed by atoms with E-state index in [1.165, 1.54) is 0 Å². The Morgan fingerprint density at radius 3 is 2.81 bits per heavy atom. The second-order valence-corrected chi connectivity index (χ2v) is 4.77. The zero-order valence-corrected chi connectivity index (χ0v) is 9.74. The van der Waals surface area contributed by atoms with Gasteiger partial charge in [-0.15, -0.1) is 0 Å². The highest BCUT2D eigenvalue weighted by atomic mass is 16.3. The Bertz CT molecular complexity index is 345. The number of aliphatic hydroxyl groups is 1. The van der Waals surface area contributed by atoms with Gasteiger partial charge in [0.15, 0.2) is 0 Å². The van der Waals surface area contributed by atoms with E-state index in [0.29, 0.717) is 5.92 Å². The molecule has 2 rings (SSSR count). The zero-order valence-electron chi connectivity index (χ0n) is 9.74. The molecule has 0 aromatic heterocycles. The summed E-state index contributed by atoms with van der Waals surface area (Å²) in [5.74, 6) is 0.390. The van der Waals surface area contributed by atoms with E-state index in [1.54, 1.807) is 0 Å². The van der Waals surface area contributed by atoms with Gasteiger partial charge in [-0.2, -0.15) is 0 Å². The molecule has 0 amide bonds. The Hall–Kier alpha value is -1.22. The molecule has 0 saturated heterocycles. The summed E-state index contributed by atoms with van der Waals surface area (Å²) in [6.45, 7) is 2.87. The van der Waals surface area contributed by atoms with Gasteiger partial charge in [-0.3, -0.25) is 0 Å². The minimum absolute atomic E-state index is 0.130. The van der Waals surface area contributed by atoms with Gasteiger partial charge in [-0.05, 0) is 43.5 Å². The van der Waals surface area contributed by atoms with Gasteiger partial charge in [0.2, 0.25) is 0 Å². The van der Waals surface area contributed by atoms with Crippen molar-refractivity contribution >= 4 is 11.4 Å². The van der Waals surface area contributed by atoms with Crippen molar-refractivity contribution in [2.45, 2.75) is 32.3 Å². The minimum atomic E-state index is -0.130. The minimum Gasteiger partial charge on any atom is -0.399 e. The highest BCUT2D eigenvalue weighted by molar-refractivity contribution is 5.56. The topological polar surface area (TPSA) is 58.3 Å². The first-order valence-corrected chi connectivity index (χ1v) is 5.94. The van der Waals surface area contributed by atoms with E-state index in [4.69, 9.17) is 5.73 Å². The molecule has 2 atom stereocenters.